The van der Waals surface area contributed by atoms with Gasteiger partial charge in [-0.25, -0.2) is 0 Å². The Balaban J connectivity index is 1.77. The van der Waals surface area contributed by atoms with Gasteiger partial charge in [-0.2, -0.15) is 0 Å². The third kappa shape index (κ3) is 3.81. The fourth-order valence-electron chi connectivity index (χ4n) is 3.55. The van der Waals surface area contributed by atoms with Crippen molar-refractivity contribution in [1.29, 1.82) is 0 Å². The molecule has 4 heteroatoms. The largest absolute Gasteiger partial charge is 0.875 e. The molecule has 0 aliphatic heterocycles. The van der Waals surface area contributed by atoms with E-state index in [9.17, 15) is 10.2 Å². The number of rotatable bonds is 7. The summed E-state index contributed by atoms with van der Waals surface area (Å²) < 4.78 is 0. The van der Waals surface area contributed by atoms with Gasteiger partial charge in [0.1, 0.15) is 0 Å². The summed E-state index contributed by atoms with van der Waals surface area (Å²) in [6.07, 6.45) is 1.31. The van der Waals surface area contributed by atoms with Crippen LogP contribution in [0.5, 0.6) is 0 Å². The van der Waals surface area contributed by atoms with Gasteiger partial charge in [-0.1, -0.05) is 49.3 Å². The van der Waals surface area contributed by atoms with Gasteiger partial charge in [0, 0.05) is 39.1 Å². The minimum Gasteiger partial charge on any atom is -0.875 e. The third-order valence-corrected chi connectivity index (χ3v) is 5.37. The molecule has 0 bridgehead atoms. The Hall–Kier alpha value is -2.46. The van der Waals surface area contributed by atoms with Crippen LogP contribution in [-0.4, -0.2) is 33.8 Å². The van der Waals surface area contributed by atoms with E-state index >= 15 is 0 Å². The lowest BCUT2D eigenvalue weighted by Crippen LogP contribution is -2.47. The third-order valence-electron chi connectivity index (χ3n) is 5.37. The van der Waals surface area contributed by atoms with Crippen molar-refractivity contribution in [2.75, 3.05) is 37.5 Å². The van der Waals surface area contributed by atoms with E-state index in [1.54, 1.807) is 0 Å². The first-order chi connectivity index (χ1) is 12.9. The fourth-order valence-corrected chi connectivity index (χ4v) is 3.55. The topological polar surface area (TPSA) is 52.6 Å². The molecular formula is C23H28N2O2-2. The molecule has 0 aromatic heterocycles. The Bertz CT molecular complexity index is 794. The molecule has 4 nitrogen and oxygen atoms in total. The van der Waals surface area contributed by atoms with E-state index in [1.807, 2.05) is 67.5 Å². The molecule has 0 fully saturated rings. The van der Waals surface area contributed by atoms with Crippen LogP contribution in [0.1, 0.15) is 36.8 Å². The number of unbranched alkanes of at least 4 members (excludes halogenated alkanes) is 1. The van der Waals surface area contributed by atoms with Crippen molar-refractivity contribution < 1.29 is 10.2 Å². The minimum absolute atomic E-state index is 0.0420. The Morgan fingerprint density at radius 1 is 0.889 bits per heavy atom. The second-order valence-corrected chi connectivity index (χ2v) is 7.48. The summed E-state index contributed by atoms with van der Waals surface area (Å²) in [6, 6.07) is 15.5. The van der Waals surface area contributed by atoms with Crippen molar-refractivity contribution >= 4 is 16.9 Å². The van der Waals surface area contributed by atoms with Gasteiger partial charge in [0.2, 0.25) is 0 Å². The first kappa shape index (κ1) is 19.3. The molecule has 0 radical (unpaired) electrons. The lowest BCUT2D eigenvalue weighted by atomic mass is 9.73. The van der Waals surface area contributed by atoms with Crippen LogP contribution < -0.4 is 20.0 Å². The van der Waals surface area contributed by atoms with Crippen LogP contribution in [0.3, 0.4) is 0 Å². The van der Waals surface area contributed by atoms with Crippen LogP contribution >= 0.6 is 0 Å². The van der Waals surface area contributed by atoms with Crippen LogP contribution in [0.4, 0.5) is 11.4 Å². The van der Waals surface area contributed by atoms with Crippen molar-refractivity contribution in [2.24, 2.45) is 0 Å². The second-order valence-electron chi connectivity index (χ2n) is 7.48. The maximum Gasteiger partial charge on any atom is 0.0363 e. The molecule has 2 aromatic carbocycles. The highest BCUT2D eigenvalue weighted by atomic mass is 16.3. The van der Waals surface area contributed by atoms with E-state index in [1.165, 1.54) is 0 Å². The van der Waals surface area contributed by atoms with Crippen LogP contribution in [0.25, 0.3) is 5.57 Å². The van der Waals surface area contributed by atoms with Crippen molar-refractivity contribution in [3.8, 4) is 0 Å². The summed E-state index contributed by atoms with van der Waals surface area (Å²) in [5.41, 5.74) is 4.14. The molecule has 1 aliphatic carbocycles. The standard InChI is InChI=1S/C23H29N2O2/c1-5-6-15-25(4)19-13-9-17(10-14-19)21-22(26)20(23(21)27)16-7-11-18(12-8-16)24(2)3/h7-14,21-22,27H,5-6,15H2,1-4H3/q-1/p-1. The zero-order valence-corrected chi connectivity index (χ0v) is 16.6. The molecule has 0 saturated heterocycles. The van der Waals surface area contributed by atoms with Crippen molar-refractivity contribution in [1.82, 2.24) is 0 Å². The molecule has 1 aliphatic rings. The summed E-state index contributed by atoms with van der Waals surface area (Å²) in [4.78, 5) is 4.20. The second kappa shape index (κ2) is 8.05. The maximum atomic E-state index is 12.8. The van der Waals surface area contributed by atoms with Gasteiger partial charge in [0.05, 0.1) is 0 Å². The number of benzene rings is 2. The van der Waals surface area contributed by atoms with E-state index < -0.39 is 12.0 Å². The van der Waals surface area contributed by atoms with Crippen LogP contribution in [0.2, 0.25) is 0 Å². The maximum absolute atomic E-state index is 12.8. The average Bonchev–Trinajstić information content (AvgIpc) is 2.67. The van der Waals surface area contributed by atoms with Crippen molar-refractivity contribution in [3.63, 3.8) is 0 Å². The lowest BCUT2D eigenvalue weighted by Gasteiger charge is -2.51. The average molecular weight is 364 g/mol. The Kier molecular flexibility index (Phi) is 5.76. The van der Waals surface area contributed by atoms with Gasteiger partial charge in [-0.15, -0.1) is 5.76 Å². The summed E-state index contributed by atoms with van der Waals surface area (Å²) >= 11 is 0. The number of nitrogens with zero attached hydrogens (tertiary/aromatic N) is 2. The normalized spacial score (nSPS) is 19.0. The molecule has 0 amide bonds. The summed E-state index contributed by atoms with van der Waals surface area (Å²) in [5, 5.41) is 25.5. The first-order valence-electron chi connectivity index (χ1n) is 9.59. The van der Waals surface area contributed by atoms with Gasteiger partial charge in [-0.05, 0) is 47.7 Å². The molecule has 3 rings (SSSR count). The highest BCUT2D eigenvalue weighted by Crippen LogP contribution is 2.43. The molecule has 0 N–H and O–H groups in total. The minimum atomic E-state index is -0.994. The smallest absolute Gasteiger partial charge is 0.0363 e. The van der Waals surface area contributed by atoms with Crippen LogP contribution in [0, 0.1) is 0 Å². The zero-order chi connectivity index (χ0) is 19.6. The monoisotopic (exact) mass is 364 g/mol. The summed E-state index contributed by atoms with van der Waals surface area (Å²) in [7, 11) is 6.00. The van der Waals surface area contributed by atoms with Gasteiger partial charge >= 0.3 is 0 Å². The number of hydrogen-bond donors (Lipinski definition) is 0. The van der Waals surface area contributed by atoms with E-state index in [4.69, 9.17) is 0 Å². The lowest BCUT2D eigenvalue weighted by molar-refractivity contribution is -0.429. The molecule has 0 saturated carbocycles. The van der Waals surface area contributed by atoms with Gasteiger partial charge < -0.3 is 20.0 Å². The molecule has 0 spiro atoms. The predicted octanol–water partition coefficient (Wildman–Crippen LogP) is 2.59. The Labute approximate surface area is 162 Å². The SMILES string of the molecule is CCCCN(C)c1ccc(C2C([O-])=C(c3ccc(N(C)C)cc3)C2[O-])cc1. The molecular weight excluding hydrogens is 336 g/mol. The van der Waals surface area contributed by atoms with Crippen LogP contribution in [-0.2, 0) is 0 Å². The zero-order valence-electron chi connectivity index (χ0n) is 16.6. The molecule has 2 aromatic rings. The van der Waals surface area contributed by atoms with Gasteiger partial charge in [0.15, 0.2) is 0 Å². The van der Waals surface area contributed by atoms with E-state index in [0.717, 1.165) is 41.9 Å². The van der Waals surface area contributed by atoms with Crippen molar-refractivity contribution in [2.45, 2.75) is 31.8 Å². The first-order valence-corrected chi connectivity index (χ1v) is 9.59. The highest BCUT2D eigenvalue weighted by Gasteiger charge is 2.28. The van der Waals surface area contributed by atoms with Crippen LogP contribution in [0.15, 0.2) is 54.3 Å². The van der Waals surface area contributed by atoms with Gasteiger partial charge in [-0.3, -0.25) is 0 Å². The molecule has 0 heterocycles. The Morgan fingerprint density at radius 3 is 2.00 bits per heavy atom. The van der Waals surface area contributed by atoms with Crippen molar-refractivity contribution in [3.05, 3.63) is 65.4 Å². The molecule has 144 valence electrons. The predicted molar refractivity (Wildman–Crippen MR) is 109 cm³/mol. The summed E-state index contributed by atoms with van der Waals surface area (Å²) in [6.45, 7) is 3.18. The fraction of sp³-hybridized carbons (Fsp3) is 0.391. The molecule has 2 unspecified atom stereocenters. The quantitative estimate of drug-likeness (QED) is 0.758. The Morgan fingerprint density at radius 2 is 1.48 bits per heavy atom. The van der Waals surface area contributed by atoms with Gasteiger partial charge in [0.25, 0.3) is 0 Å². The van der Waals surface area contributed by atoms with E-state index in [0.29, 0.717) is 5.57 Å². The highest BCUT2D eigenvalue weighted by molar-refractivity contribution is 5.79. The molecule has 2 atom stereocenters. The molecule has 27 heavy (non-hydrogen) atoms. The van der Waals surface area contributed by atoms with E-state index in [-0.39, 0.29) is 5.76 Å². The van der Waals surface area contributed by atoms with E-state index in [2.05, 4.69) is 18.9 Å². The number of hydrogen-bond acceptors (Lipinski definition) is 4. The summed E-state index contributed by atoms with van der Waals surface area (Å²) in [5.74, 6) is -0.608. The number of anilines is 2.